The summed E-state index contributed by atoms with van der Waals surface area (Å²) in [6, 6.07) is 8.68. The number of aromatic amines is 1. The van der Waals surface area contributed by atoms with Crippen molar-refractivity contribution in [3.05, 3.63) is 59.2 Å². The lowest BCUT2D eigenvalue weighted by atomic mass is 9.86. The molecule has 1 amide bonds. The molecule has 3 N–H and O–H groups in total. The molecule has 0 bridgehead atoms. The Hall–Kier alpha value is -3.12. The van der Waals surface area contributed by atoms with E-state index in [1.165, 1.54) is 0 Å². The first-order valence-electron chi connectivity index (χ1n) is 11.5. The van der Waals surface area contributed by atoms with Gasteiger partial charge in [0.05, 0.1) is 11.3 Å². The molecule has 1 saturated carbocycles. The summed E-state index contributed by atoms with van der Waals surface area (Å²) >= 11 is 0. The summed E-state index contributed by atoms with van der Waals surface area (Å²) in [5, 5.41) is 0. The highest BCUT2D eigenvalue weighted by Gasteiger charge is 2.35. The van der Waals surface area contributed by atoms with Gasteiger partial charge in [0, 0.05) is 54.5 Å². The third-order valence-electron chi connectivity index (χ3n) is 6.94. The zero-order valence-corrected chi connectivity index (χ0v) is 19.1. The molecule has 166 valence electrons. The van der Waals surface area contributed by atoms with Crippen LogP contribution in [0.15, 0.2) is 36.7 Å². The molecule has 0 unspecified atom stereocenters. The van der Waals surface area contributed by atoms with Crippen LogP contribution in [0.2, 0.25) is 0 Å². The summed E-state index contributed by atoms with van der Waals surface area (Å²) in [7, 11) is 1.99. The molecular weight excluding hydrogens is 398 g/mol. The van der Waals surface area contributed by atoms with Gasteiger partial charge < -0.3 is 20.2 Å². The van der Waals surface area contributed by atoms with Crippen molar-refractivity contribution in [1.29, 1.82) is 0 Å². The number of imidazole rings is 1. The molecule has 0 spiro atoms. The molecule has 0 radical (unpaired) electrons. The third kappa shape index (κ3) is 3.69. The van der Waals surface area contributed by atoms with E-state index in [1.807, 2.05) is 35.7 Å². The van der Waals surface area contributed by atoms with E-state index in [-0.39, 0.29) is 5.91 Å². The minimum atomic E-state index is 0.0820. The standard InChI is InChI=1S/C26H31N5O/c1-16-12-17(2)29-23(16)14-22-21-9-6-19(25-28-10-11-30(25)3)13-24(21)31(26(22)32)15-18-4-7-20(27)8-5-18/h6,9-14,18,20,29H,4-5,7-8,15,27H2,1-3H3/b22-14-. The number of nitrogens with two attached hydrogens (primary N) is 1. The van der Waals surface area contributed by atoms with Gasteiger partial charge in [-0.1, -0.05) is 12.1 Å². The van der Waals surface area contributed by atoms with Crippen LogP contribution in [0.25, 0.3) is 23.0 Å². The second kappa shape index (κ2) is 8.10. The molecule has 1 aliphatic heterocycles. The Labute approximate surface area is 189 Å². The Balaban J connectivity index is 1.56. The van der Waals surface area contributed by atoms with Crippen molar-refractivity contribution >= 4 is 23.2 Å². The number of aromatic nitrogens is 3. The summed E-state index contributed by atoms with van der Waals surface area (Å²) in [6.07, 6.45) is 9.99. The van der Waals surface area contributed by atoms with Gasteiger partial charge in [-0.05, 0) is 69.2 Å². The average Bonchev–Trinajstić information content (AvgIpc) is 3.41. The molecule has 1 fully saturated rings. The first kappa shape index (κ1) is 20.8. The number of H-pyrrole nitrogens is 1. The van der Waals surface area contributed by atoms with Crippen LogP contribution in [0.3, 0.4) is 0 Å². The number of nitrogens with zero attached hydrogens (tertiary/aromatic N) is 3. The Bertz CT molecular complexity index is 1190. The maximum Gasteiger partial charge on any atom is 0.259 e. The number of hydrogen-bond acceptors (Lipinski definition) is 3. The van der Waals surface area contributed by atoms with E-state index < -0.39 is 0 Å². The van der Waals surface area contributed by atoms with Gasteiger partial charge in [0.2, 0.25) is 0 Å². The monoisotopic (exact) mass is 429 g/mol. The van der Waals surface area contributed by atoms with E-state index in [0.717, 1.165) is 77.4 Å². The fourth-order valence-corrected chi connectivity index (χ4v) is 5.13. The van der Waals surface area contributed by atoms with E-state index in [1.54, 1.807) is 6.20 Å². The zero-order chi connectivity index (χ0) is 22.4. The number of nitrogens with one attached hydrogen (secondary N) is 1. The number of benzene rings is 1. The predicted molar refractivity (Wildman–Crippen MR) is 129 cm³/mol. The van der Waals surface area contributed by atoms with E-state index in [9.17, 15) is 4.79 Å². The van der Waals surface area contributed by atoms with Crippen molar-refractivity contribution in [2.24, 2.45) is 18.7 Å². The van der Waals surface area contributed by atoms with Crippen LogP contribution in [0.5, 0.6) is 0 Å². The number of rotatable bonds is 4. The maximum atomic E-state index is 13.7. The molecule has 32 heavy (non-hydrogen) atoms. The van der Waals surface area contributed by atoms with Crippen LogP contribution in [0.4, 0.5) is 5.69 Å². The van der Waals surface area contributed by atoms with Gasteiger partial charge in [-0.25, -0.2) is 4.98 Å². The molecule has 5 rings (SSSR count). The predicted octanol–water partition coefficient (Wildman–Crippen LogP) is 4.44. The first-order chi connectivity index (χ1) is 15.4. The van der Waals surface area contributed by atoms with Gasteiger partial charge in [0.1, 0.15) is 5.82 Å². The molecule has 1 aromatic carbocycles. The normalized spacial score (nSPS) is 22.1. The Morgan fingerprint density at radius 3 is 2.62 bits per heavy atom. The summed E-state index contributed by atoms with van der Waals surface area (Å²) in [5.41, 5.74) is 13.1. The van der Waals surface area contributed by atoms with Gasteiger partial charge in [-0.3, -0.25) is 4.79 Å². The Morgan fingerprint density at radius 2 is 1.97 bits per heavy atom. The highest BCUT2D eigenvalue weighted by molar-refractivity contribution is 6.36. The van der Waals surface area contributed by atoms with Crippen LogP contribution < -0.4 is 10.6 Å². The summed E-state index contributed by atoms with van der Waals surface area (Å²) in [4.78, 5) is 23.6. The van der Waals surface area contributed by atoms with Crippen molar-refractivity contribution in [2.45, 2.75) is 45.6 Å². The SMILES string of the molecule is Cc1cc(C)c(/C=C2\C(=O)N(CC3CCC(N)CC3)c3cc(-c4nccn4C)ccc32)[nH]1. The minimum Gasteiger partial charge on any atom is -0.359 e. The van der Waals surface area contributed by atoms with E-state index in [2.05, 4.69) is 41.2 Å². The summed E-state index contributed by atoms with van der Waals surface area (Å²) in [5.74, 6) is 1.47. The number of amides is 1. The van der Waals surface area contributed by atoms with Gasteiger partial charge in [0.15, 0.2) is 0 Å². The number of carbonyl (C=O) groups is 1. The summed E-state index contributed by atoms with van der Waals surface area (Å²) in [6.45, 7) is 4.85. The molecule has 6 heteroatoms. The van der Waals surface area contributed by atoms with Crippen molar-refractivity contribution in [3.8, 4) is 11.4 Å². The second-order valence-electron chi connectivity index (χ2n) is 9.40. The van der Waals surface area contributed by atoms with Gasteiger partial charge >= 0.3 is 0 Å². The fraction of sp³-hybridized carbons (Fsp3) is 0.385. The molecule has 2 aromatic heterocycles. The lowest BCUT2D eigenvalue weighted by molar-refractivity contribution is -0.113. The molecular formula is C26H31N5O. The smallest absolute Gasteiger partial charge is 0.259 e. The lowest BCUT2D eigenvalue weighted by Crippen LogP contribution is -2.36. The van der Waals surface area contributed by atoms with E-state index in [4.69, 9.17) is 5.73 Å². The highest BCUT2D eigenvalue weighted by atomic mass is 16.2. The van der Waals surface area contributed by atoms with E-state index >= 15 is 0 Å². The van der Waals surface area contributed by atoms with Crippen LogP contribution in [-0.2, 0) is 11.8 Å². The van der Waals surface area contributed by atoms with Gasteiger partial charge in [-0.2, -0.15) is 0 Å². The summed E-state index contributed by atoms with van der Waals surface area (Å²) < 4.78 is 2.01. The number of anilines is 1. The molecule has 3 heterocycles. The second-order valence-corrected chi connectivity index (χ2v) is 9.40. The molecule has 3 aromatic rings. The van der Waals surface area contributed by atoms with Crippen LogP contribution in [0, 0.1) is 19.8 Å². The van der Waals surface area contributed by atoms with Crippen molar-refractivity contribution in [2.75, 3.05) is 11.4 Å². The number of hydrogen-bond donors (Lipinski definition) is 2. The number of carbonyl (C=O) groups excluding carboxylic acids is 1. The highest BCUT2D eigenvalue weighted by Crippen LogP contribution is 2.41. The van der Waals surface area contributed by atoms with Gasteiger partial charge in [-0.15, -0.1) is 0 Å². The first-order valence-corrected chi connectivity index (χ1v) is 11.5. The van der Waals surface area contributed by atoms with E-state index in [0.29, 0.717) is 12.0 Å². The largest absolute Gasteiger partial charge is 0.359 e. The van der Waals surface area contributed by atoms with Crippen LogP contribution >= 0.6 is 0 Å². The van der Waals surface area contributed by atoms with Crippen LogP contribution in [0.1, 0.15) is 48.2 Å². The zero-order valence-electron chi connectivity index (χ0n) is 19.1. The third-order valence-corrected chi connectivity index (χ3v) is 6.94. The lowest BCUT2D eigenvalue weighted by Gasteiger charge is -2.30. The molecule has 0 atom stereocenters. The topological polar surface area (TPSA) is 79.9 Å². The van der Waals surface area contributed by atoms with Gasteiger partial charge in [0.25, 0.3) is 5.91 Å². The molecule has 0 saturated heterocycles. The fourth-order valence-electron chi connectivity index (χ4n) is 5.13. The average molecular weight is 430 g/mol. The van der Waals surface area contributed by atoms with Crippen LogP contribution in [-0.4, -0.2) is 33.0 Å². The number of aryl methyl sites for hydroxylation is 3. The maximum absolute atomic E-state index is 13.7. The molecule has 6 nitrogen and oxygen atoms in total. The minimum absolute atomic E-state index is 0.0820. The Morgan fingerprint density at radius 1 is 1.19 bits per heavy atom. The van der Waals surface area contributed by atoms with Crippen molar-refractivity contribution < 1.29 is 4.79 Å². The Kier molecular flexibility index (Phi) is 5.25. The molecule has 2 aliphatic rings. The van der Waals surface area contributed by atoms with Crippen molar-refractivity contribution in [3.63, 3.8) is 0 Å². The molecule has 1 aliphatic carbocycles. The number of fused-ring (bicyclic) bond motifs is 1. The quantitative estimate of drug-likeness (QED) is 0.602. The van der Waals surface area contributed by atoms with Crippen molar-refractivity contribution in [1.82, 2.24) is 14.5 Å².